The molecule has 0 aromatic heterocycles. The van der Waals surface area contributed by atoms with E-state index in [9.17, 15) is 4.79 Å². The molecule has 4 atom stereocenters. The van der Waals surface area contributed by atoms with Gasteiger partial charge in [0.25, 0.3) is 0 Å². The highest BCUT2D eigenvalue weighted by Crippen LogP contribution is 2.34. The molecule has 1 saturated heterocycles. The molecule has 2 fully saturated rings. The third kappa shape index (κ3) is 2.99. The molecule has 1 heterocycles. The Hall–Kier alpha value is -0.610. The first-order valence-corrected chi connectivity index (χ1v) is 6.66. The molecule has 0 amide bonds. The van der Waals surface area contributed by atoms with E-state index in [1.165, 1.54) is 20.0 Å². The number of piperidine rings is 1. The average molecular weight is 240 g/mol. The van der Waals surface area contributed by atoms with Gasteiger partial charge in [-0.3, -0.25) is 9.69 Å². The largest absolute Gasteiger partial charge is 0.469 e. The van der Waals surface area contributed by atoms with Gasteiger partial charge in [-0.1, -0.05) is 6.92 Å². The molecule has 1 aliphatic carbocycles. The first-order valence-electron chi connectivity index (χ1n) is 6.66. The molecule has 4 unspecified atom stereocenters. The quantitative estimate of drug-likeness (QED) is 0.748. The fourth-order valence-electron chi connectivity index (χ4n) is 3.21. The maximum atomic E-state index is 11.3. The molecule has 1 saturated carbocycles. The number of nitrogens with two attached hydrogens (primary N) is 1. The smallest absolute Gasteiger partial charge is 0.305 e. The standard InChI is InChI=1S/C13H24N2O2/c1-9-3-4-12(9)15-7-10(5-11(14)8-15)6-13(16)17-2/h9-12H,3-8,14H2,1-2H3. The minimum atomic E-state index is -0.106. The van der Waals surface area contributed by atoms with Crippen LogP contribution >= 0.6 is 0 Å². The number of hydrogen-bond donors (Lipinski definition) is 1. The number of carbonyl (C=O) groups is 1. The lowest BCUT2D eigenvalue weighted by Gasteiger charge is -2.47. The summed E-state index contributed by atoms with van der Waals surface area (Å²) in [5.74, 6) is 1.06. The number of hydrogen-bond acceptors (Lipinski definition) is 4. The van der Waals surface area contributed by atoms with Gasteiger partial charge in [-0.05, 0) is 31.1 Å². The first-order chi connectivity index (χ1) is 8.10. The van der Waals surface area contributed by atoms with Gasteiger partial charge in [0, 0.05) is 31.6 Å². The molecule has 1 aliphatic heterocycles. The van der Waals surface area contributed by atoms with E-state index in [1.807, 2.05) is 0 Å². The summed E-state index contributed by atoms with van der Waals surface area (Å²) in [5.41, 5.74) is 6.10. The Bertz CT molecular complexity index is 283. The minimum Gasteiger partial charge on any atom is -0.469 e. The van der Waals surface area contributed by atoms with E-state index in [0.717, 1.165) is 25.4 Å². The zero-order chi connectivity index (χ0) is 12.4. The Balaban J connectivity index is 1.89. The van der Waals surface area contributed by atoms with E-state index in [2.05, 4.69) is 11.8 Å². The predicted molar refractivity (Wildman–Crippen MR) is 66.5 cm³/mol. The highest BCUT2D eigenvalue weighted by atomic mass is 16.5. The van der Waals surface area contributed by atoms with Crippen LogP contribution in [0.15, 0.2) is 0 Å². The van der Waals surface area contributed by atoms with Crippen LogP contribution in [0.25, 0.3) is 0 Å². The van der Waals surface area contributed by atoms with E-state index in [-0.39, 0.29) is 12.0 Å². The summed E-state index contributed by atoms with van der Waals surface area (Å²) < 4.78 is 4.75. The number of likely N-dealkylation sites (tertiary alicyclic amines) is 1. The summed E-state index contributed by atoms with van der Waals surface area (Å²) in [6.45, 7) is 4.31. The number of nitrogens with zero attached hydrogens (tertiary/aromatic N) is 1. The van der Waals surface area contributed by atoms with Crippen LogP contribution in [0.2, 0.25) is 0 Å². The van der Waals surface area contributed by atoms with Crippen LogP contribution in [0.5, 0.6) is 0 Å². The molecular weight excluding hydrogens is 216 g/mol. The third-order valence-electron chi connectivity index (χ3n) is 4.32. The van der Waals surface area contributed by atoms with E-state index in [0.29, 0.717) is 18.4 Å². The zero-order valence-electron chi connectivity index (χ0n) is 10.9. The summed E-state index contributed by atoms with van der Waals surface area (Å²) in [7, 11) is 1.46. The van der Waals surface area contributed by atoms with Crippen molar-refractivity contribution in [1.82, 2.24) is 4.90 Å². The number of esters is 1. The van der Waals surface area contributed by atoms with Crippen LogP contribution in [0, 0.1) is 11.8 Å². The molecular formula is C13H24N2O2. The fourth-order valence-corrected chi connectivity index (χ4v) is 3.21. The molecule has 4 heteroatoms. The van der Waals surface area contributed by atoms with Gasteiger partial charge >= 0.3 is 5.97 Å². The van der Waals surface area contributed by atoms with Gasteiger partial charge in [-0.25, -0.2) is 0 Å². The van der Waals surface area contributed by atoms with Crippen molar-refractivity contribution in [3.05, 3.63) is 0 Å². The molecule has 4 nitrogen and oxygen atoms in total. The second-order valence-corrected chi connectivity index (χ2v) is 5.72. The topological polar surface area (TPSA) is 55.6 Å². The van der Waals surface area contributed by atoms with Crippen LogP contribution in [-0.4, -0.2) is 43.2 Å². The summed E-state index contributed by atoms with van der Waals surface area (Å²) in [6, 6.07) is 0.910. The second kappa shape index (κ2) is 5.36. The van der Waals surface area contributed by atoms with Crippen LogP contribution < -0.4 is 5.73 Å². The summed E-state index contributed by atoms with van der Waals surface area (Å²) >= 11 is 0. The van der Waals surface area contributed by atoms with Crippen molar-refractivity contribution < 1.29 is 9.53 Å². The van der Waals surface area contributed by atoms with Gasteiger partial charge in [0.15, 0.2) is 0 Å². The van der Waals surface area contributed by atoms with Gasteiger partial charge in [0.1, 0.15) is 0 Å². The fraction of sp³-hybridized carbons (Fsp3) is 0.923. The maximum Gasteiger partial charge on any atom is 0.305 e. The Morgan fingerprint density at radius 3 is 2.71 bits per heavy atom. The molecule has 2 rings (SSSR count). The number of ether oxygens (including phenoxy) is 1. The molecule has 0 aromatic carbocycles. The first kappa shape index (κ1) is 12.8. The SMILES string of the molecule is COC(=O)CC1CC(N)CN(C2CCC2C)C1. The lowest BCUT2D eigenvalue weighted by Crippen LogP contribution is -2.55. The van der Waals surface area contributed by atoms with Crippen LogP contribution in [0.4, 0.5) is 0 Å². The predicted octanol–water partition coefficient (Wildman–Crippen LogP) is 0.997. The zero-order valence-corrected chi connectivity index (χ0v) is 10.9. The number of rotatable bonds is 3. The summed E-state index contributed by atoms with van der Waals surface area (Å²) in [5, 5.41) is 0. The molecule has 0 spiro atoms. The number of carbonyl (C=O) groups excluding carboxylic acids is 1. The van der Waals surface area contributed by atoms with E-state index >= 15 is 0 Å². The Morgan fingerprint density at radius 2 is 2.18 bits per heavy atom. The highest BCUT2D eigenvalue weighted by Gasteiger charge is 2.37. The molecule has 0 radical (unpaired) electrons. The van der Waals surface area contributed by atoms with Gasteiger partial charge in [0.2, 0.25) is 0 Å². The normalized spacial score (nSPS) is 38.5. The van der Waals surface area contributed by atoms with Crippen LogP contribution in [0.1, 0.15) is 32.6 Å². The van der Waals surface area contributed by atoms with Gasteiger partial charge < -0.3 is 10.5 Å². The average Bonchev–Trinajstić information content (AvgIpc) is 2.26. The summed E-state index contributed by atoms with van der Waals surface area (Å²) in [6.07, 6.45) is 4.09. The molecule has 0 bridgehead atoms. The van der Waals surface area contributed by atoms with Gasteiger partial charge in [-0.2, -0.15) is 0 Å². The molecule has 2 N–H and O–H groups in total. The van der Waals surface area contributed by atoms with Crippen molar-refractivity contribution in [1.29, 1.82) is 0 Å². The Kier molecular flexibility index (Phi) is 4.05. The van der Waals surface area contributed by atoms with Gasteiger partial charge in [0.05, 0.1) is 7.11 Å². The highest BCUT2D eigenvalue weighted by molar-refractivity contribution is 5.69. The van der Waals surface area contributed by atoms with Gasteiger partial charge in [-0.15, -0.1) is 0 Å². The Morgan fingerprint density at radius 1 is 1.41 bits per heavy atom. The number of methoxy groups -OCH3 is 1. The van der Waals surface area contributed by atoms with E-state index < -0.39 is 0 Å². The van der Waals surface area contributed by atoms with Crippen molar-refractivity contribution in [2.45, 2.75) is 44.7 Å². The van der Waals surface area contributed by atoms with Crippen molar-refractivity contribution in [2.24, 2.45) is 17.6 Å². The lowest BCUT2D eigenvalue weighted by atomic mass is 9.78. The monoisotopic (exact) mass is 240 g/mol. The lowest BCUT2D eigenvalue weighted by molar-refractivity contribution is -0.142. The maximum absolute atomic E-state index is 11.3. The third-order valence-corrected chi connectivity index (χ3v) is 4.32. The van der Waals surface area contributed by atoms with Crippen LogP contribution in [-0.2, 0) is 9.53 Å². The molecule has 98 valence electrons. The second-order valence-electron chi connectivity index (χ2n) is 5.72. The Labute approximate surface area is 103 Å². The van der Waals surface area contributed by atoms with E-state index in [1.54, 1.807) is 0 Å². The minimum absolute atomic E-state index is 0.106. The van der Waals surface area contributed by atoms with Crippen molar-refractivity contribution in [3.8, 4) is 0 Å². The van der Waals surface area contributed by atoms with Crippen LogP contribution in [0.3, 0.4) is 0 Å². The summed E-state index contributed by atoms with van der Waals surface area (Å²) in [4.78, 5) is 13.8. The molecule has 0 aromatic rings. The van der Waals surface area contributed by atoms with Crippen molar-refractivity contribution in [2.75, 3.05) is 20.2 Å². The van der Waals surface area contributed by atoms with Crippen molar-refractivity contribution >= 4 is 5.97 Å². The molecule has 17 heavy (non-hydrogen) atoms. The molecule has 2 aliphatic rings. The van der Waals surface area contributed by atoms with E-state index in [4.69, 9.17) is 10.5 Å². The van der Waals surface area contributed by atoms with Crippen molar-refractivity contribution in [3.63, 3.8) is 0 Å².